The number of halogens is 2. The Hall–Kier alpha value is -2.58. The molecule has 0 radical (unpaired) electrons. The molecule has 0 bridgehead atoms. The Balaban J connectivity index is 1.43. The summed E-state index contributed by atoms with van der Waals surface area (Å²) >= 11 is 7.69. The molecule has 0 amide bonds. The van der Waals surface area contributed by atoms with Gasteiger partial charge in [-0.1, -0.05) is 17.7 Å². The van der Waals surface area contributed by atoms with Crippen LogP contribution in [0.2, 0.25) is 5.02 Å². The summed E-state index contributed by atoms with van der Waals surface area (Å²) in [6, 6.07) is 12.9. The molecular weight excluding hydrogens is 435 g/mol. The first-order chi connectivity index (χ1) is 15.2. The molecule has 0 saturated carbocycles. The maximum atomic E-state index is 13.5. The molecule has 1 fully saturated rings. The Labute approximate surface area is 188 Å². The van der Waals surface area contributed by atoms with Gasteiger partial charge in [0.25, 0.3) is 0 Å². The van der Waals surface area contributed by atoms with Crippen molar-refractivity contribution in [3.63, 3.8) is 0 Å². The van der Waals surface area contributed by atoms with Crippen LogP contribution in [0.5, 0.6) is 0 Å². The number of anilines is 2. The van der Waals surface area contributed by atoms with Crippen molar-refractivity contribution in [1.82, 2.24) is 14.9 Å². The average Bonchev–Trinajstić information content (AvgIpc) is 3.25. The van der Waals surface area contributed by atoms with Crippen LogP contribution < -0.4 is 5.32 Å². The molecule has 158 valence electrons. The van der Waals surface area contributed by atoms with Crippen molar-refractivity contribution in [3.8, 4) is 11.1 Å². The van der Waals surface area contributed by atoms with Gasteiger partial charge < -0.3 is 10.1 Å². The molecular formula is C23H20ClFN4OS. The van der Waals surface area contributed by atoms with E-state index in [1.54, 1.807) is 23.5 Å². The molecule has 8 heteroatoms. The second kappa shape index (κ2) is 8.88. The standard InChI is InChI=1S/C23H20ClFN4OS/c24-20-11-17(2-3-21(20)25)28-23-19-10-15(1-4-22(19)26-14-27-23)16-9-18(31-13-16)12-29-5-7-30-8-6-29/h1-4,9-11,13-14H,5-8,12H2,(H,26,27,28). The number of rotatable bonds is 5. The first kappa shape index (κ1) is 20.3. The molecule has 31 heavy (non-hydrogen) atoms. The Morgan fingerprint density at radius 1 is 1.06 bits per heavy atom. The monoisotopic (exact) mass is 454 g/mol. The van der Waals surface area contributed by atoms with Crippen LogP contribution in [0, 0.1) is 5.82 Å². The number of fused-ring (bicyclic) bond motifs is 1. The lowest BCUT2D eigenvalue weighted by Crippen LogP contribution is -2.35. The predicted octanol–water partition coefficient (Wildman–Crippen LogP) is 5.73. The maximum Gasteiger partial charge on any atom is 0.141 e. The van der Waals surface area contributed by atoms with E-state index in [2.05, 4.69) is 43.8 Å². The summed E-state index contributed by atoms with van der Waals surface area (Å²) in [5.41, 5.74) is 3.78. The van der Waals surface area contributed by atoms with Gasteiger partial charge in [0.15, 0.2) is 0 Å². The molecule has 0 atom stereocenters. The molecule has 3 heterocycles. The predicted molar refractivity (Wildman–Crippen MR) is 124 cm³/mol. The van der Waals surface area contributed by atoms with E-state index in [1.807, 2.05) is 6.07 Å². The highest BCUT2D eigenvalue weighted by molar-refractivity contribution is 7.10. The SMILES string of the molecule is Fc1ccc(Nc2ncnc3ccc(-c4csc(CN5CCOCC5)c4)cc23)cc1Cl. The summed E-state index contributed by atoms with van der Waals surface area (Å²) in [5.74, 6) is 0.200. The number of nitrogens with zero attached hydrogens (tertiary/aromatic N) is 3. The van der Waals surface area contributed by atoms with Crippen LogP contribution >= 0.6 is 22.9 Å². The topological polar surface area (TPSA) is 50.3 Å². The van der Waals surface area contributed by atoms with E-state index in [0.29, 0.717) is 11.5 Å². The van der Waals surface area contributed by atoms with Gasteiger partial charge in [-0.05, 0) is 52.9 Å². The summed E-state index contributed by atoms with van der Waals surface area (Å²) in [5, 5.41) is 6.38. The van der Waals surface area contributed by atoms with Gasteiger partial charge in [-0.15, -0.1) is 11.3 Å². The summed E-state index contributed by atoms with van der Waals surface area (Å²) in [6.45, 7) is 4.50. The summed E-state index contributed by atoms with van der Waals surface area (Å²) in [7, 11) is 0. The number of morpholine rings is 1. The van der Waals surface area contributed by atoms with E-state index in [9.17, 15) is 4.39 Å². The van der Waals surface area contributed by atoms with Crippen molar-refractivity contribution < 1.29 is 9.13 Å². The maximum absolute atomic E-state index is 13.5. The Morgan fingerprint density at radius 2 is 1.94 bits per heavy atom. The van der Waals surface area contributed by atoms with Crippen LogP contribution in [-0.2, 0) is 11.3 Å². The van der Waals surface area contributed by atoms with Crippen LogP contribution in [0.1, 0.15) is 4.88 Å². The third kappa shape index (κ3) is 4.55. The number of nitrogens with one attached hydrogen (secondary N) is 1. The summed E-state index contributed by atoms with van der Waals surface area (Å²) < 4.78 is 18.9. The van der Waals surface area contributed by atoms with Crippen molar-refractivity contribution >= 4 is 45.3 Å². The van der Waals surface area contributed by atoms with Crippen molar-refractivity contribution in [1.29, 1.82) is 0 Å². The van der Waals surface area contributed by atoms with E-state index in [0.717, 1.165) is 49.3 Å². The molecule has 1 aliphatic rings. The first-order valence-electron chi connectivity index (χ1n) is 10.0. The highest BCUT2D eigenvalue weighted by atomic mass is 35.5. The fourth-order valence-corrected chi connectivity index (χ4v) is 4.76. The van der Waals surface area contributed by atoms with Crippen LogP contribution in [-0.4, -0.2) is 41.2 Å². The highest BCUT2D eigenvalue weighted by Gasteiger charge is 2.13. The van der Waals surface area contributed by atoms with Gasteiger partial charge >= 0.3 is 0 Å². The van der Waals surface area contributed by atoms with E-state index in [-0.39, 0.29) is 5.02 Å². The summed E-state index contributed by atoms with van der Waals surface area (Å²) in [6.07, 6.45) is 1.51. The van der Waals surface area contributed by atoms with Gasteiger partial charge in [0.2, 0.25) is 0 Å². The molecule has 1 N–H and O–H groups in total. The minimum atomic E-state index is -0.451. The summed E-state index contributed by atoms with van der Waals surface area (Å²) in [4.78, 5) is 12.5. The third-order valence-electron chi connectivity index (χ3n) is 5.29. The zero-order valence-corrected chi connectivity index (χ0v) is 18.2. The second-order valence-electron chi connectivity index (χ2n) is 7.40. The molecule has 0 aliphatic carbocycles. The van der Waals surface area contributed by atoms with Crippen molar-refractivity contribution in [2.24, 2.45) is 0 Å². The largest absolute Gasteiger partial charge is 0.379 e. The smallest absolute Gasteiger partial charge is 0.141 e. The zero-order chi connectivity index (χ0) is 21.2. The minimum Gasteiger partial charge on any atom is -0.379 e. The molecule has 1 saturated heterocycles. The number of hydrogen-bond acceptors (Lipinski definition) is 6. The lowest BCUT2D eigenvalue weighted by atomic mass is 10.1. The Kier molecular flexibility index (Phi) is 5.82. The minimum absolute atomic E-state index is 0.0649. The number of benzene rings is 2. The lowest BCUT2D eigenvalue weighted by molar-refractivity contribution is 0.0346. The molecule has 5 nitrogen and oxygen atoms in total. The van der Waals surface area contributed by atoms with E-state index < -0.39 is 5.82 Å². The fraction of sp³-hybridized carbons (Fsp3) is 0.217. The van der Waals surface area contributed by atoms with E-state index >= 15 is 0 Å². The Bertz CT molecular complexity index is 1230. The number of aromatic nitrogens is 2. The fourth-order valence-electron chi connectivity index (χ4n) is 3.64. The van der Waals surface area contributed by atoms with E-state index in [1.165, 1.54) is 22.8 Å². The molecule has 5 rings (SSSR count). The van der Waals surface area contributed by atoms with Crippen LogP contribution in [0.4, 0.5) is 15.9 Å². The quantitative estimate of drug-likeness (QED) is 0.417. The lowest BCUT2D eigenvalue weighted by Gasteiger charge is -2.25. The van der Waals surface area contributed by atoms with Gasteiger partial charge in [0.05, 0.1) is 23.8 Å². The Morgan fingerprint density at radius 3 is 2.77 bits per heavy atom. The zero-order valence-electron chi connectivity index (χ0n) is 16.6. The molecule has 2 aromatic carbocycles. The number of hydrogen-bond donors (Lipinski definition) is 1. The number of thiophene rings is 1. The molecule has 1 aliphatic heterocycles. The van der Waals surface area contributed by atoms with Crippen molar-refractivity contribution in [2.75, 3.05) is 31.6 Å². The van der Waals surface area contributed by atoms with Gasteiger partial charge in [-0.2, -0.15) is 0 Å². The third-order valence-corrected chi connectivity index (χ3v) is 6.50. The number of ether oxygens (including phenoxy) is 1. The van der Waals surface area contributed by atoms with Crippen LogP contribution in [0.3, 0.4) is 0 Å². The average molecular weight is 455 g/mol. The molecule has 0 unspecified atom stereocenters. The molecule has 2 aromatic heterocycles. The van der Waals surface area contributed by atoms with Gasteiger partial charge in [-0.25, -0.2) is 14.4 Å². The van der Waals surface area contributed by atoms with Crippen molar-refractivity contribution in [2.45, 2.75) is 6.54 Å². The highest BCUT2D eigenvalue weighted by Crippen LogP contribution is 2.32. The van der Waals surface area contributed by atoms with Gasteiger partial charge in [0, 0.05) is 35.6 Å². The van der Waals surface area contributed by atoms with Crippen molar-refractivity contribution in [3.05, 3.63) is 69.9 Å². The molecule has 0 spiro atoms. The van der Waals surface area contributed by atoms with E-state index in [4.69, 9.17) is 16.3 Å². The first-order valence-corrected chi connectivity index (χ1v) is 11.3. The van der Waals surface area contributed by atoms with Crippen LogP contribution in [0.15, 0.2) is 54.2 Å². The van der Waals surface area contributed by atoms with Gasteiger partial charge in [0.1, 0.15) is 18.0 Å². The van der Waals surface area contributed by atoms with Crippen LogP contribution in [0.25, 0.3) is 22.0 Å². The normalized spacial score (nSPS) is 14.8. The molecule has 4 aromatic rings. The second-order valence-corrected chi connectivity index (χ2v) is 8.80. The van der Waals surface area contributed by atoms with Gasteiger partial charge in [-0.3, -0.25) is 4.90 Å².